The lowest BCUT2D eigenvalue weighted by Gasteiger charge is -2.33. The smallest absolute Gasteiger partial charge is 0.420 e. The largest absolute Gasteiger partial charge is 0.458 e. The Kier molecular flexibility index (Phi) is 12.5. The summed E-state index contributed by atoms with van der Waals surface area (Å²) in [6, 6.07) is -1.26. The van der Waals surface area contributed by atoms with Crippen molar-refractivity contribution in [3.05, 3.63) is 0 Å². The highest BCUT2D eigenvalue weighted by Crippen LogP contribution is 2.26. The van der Waals surface area contributed by atoms with E-state index in [1.54, 1.807) is 48.5 Å². The van der Waals surface area contributed by atoms with Gasteiger partial charge in [-0.1, -0.05) is 13.8 Å². The second kappa shape index (κ2) is 14.1. The number of ketones is 1. The first kappa shape index (κ1) is 32.8. The molecular formula is C27H47NO9. The van der Waals surface area contributed by atoms with E-state index < -0.39 is 53.7 Å². The van der Waals surface area contributed by atoms with Crippen LogP contribution in [0.1, 0.15) is 94.9 Å². The molecule has 10 heteroatoms. The van der Waals surface area contributed by atoms with E-state index in [4.69, 9.17) is 23.7 Å². The molecule has 0 aromatic carbocycles. The maximum Gasteiger partial charge on any atom is 0.420 e. The molecule has 0 radical (unpaired) electrons. The molecule has 0 spiro atoms. The fourth-order valence-electron chi connectivity index (χ4n) is 3.69. The van der Waals surface area contributed by atoms with Gasteiger partial charge in [0.2, 0.25) is 0 Å². The van der Waals surface area contributed by atoms with Crippen LogP contribution in [0.4, 0.5) is 9.59 Å². The number of carbonyl (C=O) groups is 4. The molecule has 4 atom stereocenters. The van der Waals surface area contributed by atoms with Crippen LogP contribution in [0.2, 0.25) is 0 Å². The van der Waals surface area contributed by atoms with E-state index in [1.165, 1.54) is 6.92 Å². The topological polar surface area (TPSA) is 118 Å². The van der Waals surface area contributed by atoms with Crippen molar-refractivity contribution in [1.82, 2.24) is 4.90 Å². The first-order valence-electron chi connectivity index (χ1n) is 13.1. The molecule has 1 heterocycles. The van der Waals surface area contributed by atoms with Gasteiger partial charge in [0.25, 0.3) is 0 Å². The summed E-state index contributed by atoms with van der Waals surface area (Å²) in [6.07, 6.45) is -2.50. The summed E-state index contributed by atoms with van der Waals surface area (Å²) in [7, 11) is 0. The molecule has 0 aromatic rings. The van der Waals surface area contributed by atoms with Gasteiger partial charge in [0.05, 0.1) is 12.7 Å². The van der Waals surface area contributed by atoms with Gasteiger partial charge in [-0.05, 0) is 80.6 Å². The molecule has 0 aliphatic carbocycles. The lowest BCUT2D eigenvalue weighted by atomic mass is 10.0. The van der Waals surface area contributed by atoms with Crippen LogP contribution in [-0.4, -0.2) is 77.6 Å². The average Bonchev–Trinajstić information content (AvgIpc) is 2.74. The van der Waals surface area contributed by atoms with Crippen molar-refractivity contribution in [3.63, 3.8) is 0 Å². The van der Waals surface area contributed by atoms with E-state index in [1.807, 2.05) is 13.8 Å². The second-order valence-electron chi connectivity index (χ2n) is 12.0. The molecule has 37 heavy (non-hydrogen) atoms. The first-order valence-corrected chi connectivity index (χ1v) is 13.1. The van der Waals surface area contributed by atoms with Gasteiger partial charge in [0.1, 0.15) is 35.2 Å². The van der Waals surface area contributed by atoms with E-state index in [0.29, 0.717) is 24.3 Å². The van der Waals surface area contributed by atoms with Gasteiger partial charge >= 0.3 is 18.2 Å². The van der Waals surface area contributed by atoms with Crippen LogP contribution >= 0.6 is 0 Å². The summed E-state index contributed by atoms with van der Waals surface area (Å²) in [5.74, 6) is -0.516. The summed E-state index contributed by atoms with van der Waals surface area (Å²) >= 11 is 0. The molecule has 1 rings (SSSR count). The number of imide groups is 1. The Morgan fingerprint density at radius 3 is 1.97 bits per heavy atom. The Bertz CT molecular complexity index is 754. The van der Waals surface area contributed by atoms with E-state index in [9.17, 15) is 19.2 Å². The Labute approximate surface area is 221 Å². The molecule has 1 saturated heterocycles. The van der Waals surface area contributed by atoms with Crippen LogP contribution in [-0.2, 0) is 33.3 Å². The number of carbonyl (C=O) groups excluding carboxylic acids is 4. The predicted octanol–water partition coefficient (Wildman–Crippen LogP) is 5.05. The van der Waals surface area contributed by atoms with E-state index >= 15 is 0 Å². The number of hydrogen-bond acceptors (Lipinski definition) is 9. The van der Waals surface area contributed by atoms with Gasteiger partial charge in [0.15, 0.2) is 0 Å². The van der Waals surface area contributed by atoms with Crippen LogP contribution in [0, 0.1) is 5.92 Å². The highest BCUT2D eigenvalue weighted by Gasteiger charge is 2.43. The zero-order chi connectivity index (χ0) is 28.6. The van der Waals surface area contributed by atoms with Crippen LogP contribution < -0.4 is 0 Å². The molecule has 2 amide bonds. The maximum absolute atomic E-state index is 13.4. The quantitative estimate of drug-likeness (QED) is 0.314. The highest BCUT2D eigenvalue weighted by atomic mass is 16.6. The van der Waals surface area contributed by atoms with Crippen molar-refractivity contribution in [2.75, 3.05) is 13.2 Å². The van der Waals surface area contributed by atoms with E-state index in [2.05, 4.69) is 0 Å². The maximum atomic E-state index is 13.4. The minimum absolute atomic E-state index is 0.0159. The fourth-order valence-corrected chi connectivity index (χ4v) is 3.69. The summed E-state index contributed by atoms with van der Waals surface area (Å²) in [4.78, 5) is 51.8. The van der Waals surface area contributed by atoms with Crippen LogP contribution in [0.3, 0.4) is 0 Å². The van der Waals surface area contributed by atoms with Crippen molar-refractivity contribution in [3.8, 4) is 0 Å². The van der Waals surface area contributed by atoms with Crippen molar-refractivity contribution >= 4 is 23.9 Å². The lowest BCUT2D eigenvalue weighted by Crippen LogP contribution is -2.53. The molecular weight excluding hydrogens is 482 g/mol. The Morgan fingerprint density at radius 2 is 1.51 bits per heavy atom. The van der Waals surface area contributed by atoms with E-state index in [-0.39, 0.29) is 31.1 Å². The summed E-state index contributed by atoms with van der Waals surface area (Å²) in [5.41, 5.74) is -1.81. The van der Waals surface area contributed by atoms with Gasteiger partial charge in [-0.25, -0.2) is 14.4 Å². The zero-order valence-electron chi connectivity index (χ0n) is 24.3. The standard InChI is InChI=1S/C27H47NO9/c1-17(2)16-34-21-13-11-12-20(23(30)35-19(4)22(21)33-15-14-18(3)29)28(24(31)36-26(5,6)7)25(32)37-27(8,9)10/h17,19-22H,11-16H2,1-10H3. The summed E-state index contributed by atoms with van der Waals surface area (Å²) < 4.78 is 28.8. The molecule has 0 aromatic heterocycles. The summed E-state index contributed by atoms with van der Waals surface area (Å²) in [6.45, 7) is 17.9. The minimum atomic E-state index is -1.26. The van der Waals surface area contributed by atoms with Crippen LogP contribution in [0.25, 0.3) is 0 Å². The van der Waals surface area contributed by atoms with Gasteiger partial charge in [-0.2, -0.15) is 4.90 Å². The number of esters is 1. The number of nitrogens with zero attached hydrogens (tertiary/aromatic N) is 1. The third-order valence-electron chi connectivity index (χ3n) is 5.27. The number of ether oxygens (including phenoxy) is 5. The monoisotopic (exact) mass is 529 g/mol. The van der Waals surface area contributed by atoms with Crippen molar-refractivity contribution in [2.45, 2.75) is 130 Å². The zero-order valence-corrected chi connectivity index (χ0v) is 24.3. The number of rotatable bonds is 8. The average molecular weight is 530 g/mol. The molecule has 0 bridgehead atoms. The van der Waals surface area contributed by atoms with Crippen molar-refractivity contribution < 1.29 is 42.9 Å². The molecule has 214 valence electrons. The fraction of sp³-hybridized carbons (Fsp3) is 0.852. The number of cyclic esters (lactones) is 1. The Morgan fingerprint density at radius 1 is 0.973 bits per heavy atom. The molecule has 0 saturated carbocycles. The van der Waals surface area contributed by atoms with Gasteiger partial charge in [-0.15, -0.1) is 0 Å². The number of Topliss-reactive ketones (excluding diaryl/α,β-unsaturated/α-hetero) is 1. The highest BCUT2D eigenvalue weighted by molar-refractivity contribution is 5.94. The lowest BCUT2D eigenvalue weighted by molar-refractivity contribution is -0.171. The molecule has 10 nitrogen and oxygen atoms in total. The Balaban J connectivity index is 3.30. The molecule has 1 aliphatic rings. The normalized spacial score (nSPS) is 23.4. The van der Waals surface area contributed by atoms with Gasteiger partial charge in [0, 0.05) is 13.0 Å². The SMILES string of the molecule is CC(=O)CCOC1C(C)OC(=O)C(N(C(=O)OC(C)(C)C)C(=O)OC(C)(C)C)CCCC1OCC(C)C. The predicted molar refractivity (Wildman–Crippen MR) is 137 cm³/mol. The Hall–Kier alpha value is -2.20. The number of amides is 2. The van der Waals surface area contributed by atoms with Crippen molar-refractivity contribution in [1.29, 1.82) is 0 Å². The minimum Gasteiger partial charge on any atom is -0.458 e. The van der Waals surface area contributed by atoms with Gasteiger partial charge in [-0.3, -0.25) is 4.79 Å². The van der Waals surface area contributed by atoms with Crippen LogP contribution in [0.5, 0.6) is 0 Å². The molecule has 1 fully saturated rings. The summed E-state index contributed by atoms with van der Waals surface area (Å²) in [5, 5.41) is 0. The van der Waals surface area contributed by atoms with Crippen LogP contribution in [0.15, 0.2) is 0 Å². The third kappa shape index (κ3) is 12.3. The van der Waals surface area contributed by atoms with Crippen molar-refractivity contribution in [2.24, 2.45) is 5.92 Å². The third-order valence-corrected chi connectivity index (χ3v) is 5.27. The molecule has 4 unspecified atom stereocenters. The molecule has 1 aliphatic heterocycles. The van der Waals surface area contributed by atoms with Gasteiger partial charge < -0.3 is 23.7 Å². The van der Waals surface area contributed by atoms with E-state index in [0.717, 1.165) is 0 Å². The second-order valence-corrected chi connectivity index (χ2v) is 12.0. The number of hydrogen-bond donors (Lipinski definition) is 0. The molecule has 0 N–H and O–H groups in total. The first-order chi connectivity index (χ1) is 16.9.